The molecule has 8 nitrogen and oxygen atoms in total. The van der Waals surface area contributed by atoms with E-state index in [2.05, 4.69) is 5.32 Å². The van der Waals surface area contributed by atoms with Crippen molar-refractivity contribution in [1.82, 2.24) is 4.31 Å². The highest BCUT2D eigenvalue weighted by atomic mass is 32.2. The van der Waals surface area contributed by atoms with E-state index >= 15 is 0 Å². The van der Waals surface area contributed by atoms with Gasteiger partial charge >= 0.3 is 0 Å². The Hall–Kier alpha value is -2.43. The molecule has 1 aliphatic rings. The Morgan fingerprint density at radius 2 is 1.58 bits per heavy atom. The van der Waals surface area contributed by atoms with Crippen LogP contribution >= 0.6 is 0 Å². The number of hydrogen-bond acceptors (Lipinski definition) is 6. The number of benzene rings is 2. The minimum atomic E-state index is -3.98. The van der Waals surface area contributed by atoms with Crippen LogP contribution in [0.4, 0.5) is 5.69 Å². The molecule has 0 spiro atoms. The second-order valence-electron chi connectivity index (χ2n) is 7.92. The molecule has 0 aromatic heterocycles. The number of carbonyl (C=O) groups is 1. The van der Waals surface area contributed by atoms with Gasteiger partial charge in [-0.3, -0.25) is 4.79 Å². The number of methoxy groups -OCH3 is 1. The number of nitrogens with one attached hydrogen (secondary N) is 1. The Morgan fingerprint density at radius 1 is 0.970 bits per heavy atom. The zero-order chi connectivity index (χ0) is 24.3. The number of anilines is 1. The van der Waals surface area contributed by atoms with Gasteiger partial charge < -0.3 is 10.1 Å². The van der Waals surface area contributed by atoms with Crippen molar-refractivity contribution in [3.63, 3.8) is 0 Å². The largest absolute Gasteiger partial charge is 0.495 e. The monoisotopic (exact) mass is 494 g/mol. The molecule has 0 aliphatic heterocycles. The first kappa shape index (κ1) is 25.2. The number of sulfone groups is 1. The molecule has 2 aromatic carbocycles. The van der Waals surface area contributed by atoms with Crippen LogP contribution in [0, 0.1) is 0 Å². The van der Waals surface area contributed by atoms with Crippen molar-refractivity contribution in [3.05, 3.63) is 48.5 Å². The number of sulfonamides is 1. The topological polar surface area (TPSA) is 110 Å². The maximum atomic E-state index is 13.5. The summed E-state index contributed by atoms with van der Waals surface area (Å²) in [5.41, 5.74) is 0.116. The van der Waals surface area contributed by atoms with E-state index in [1.54, 1.807) is 32.0 Å². The fraction of sp³-hybridized carbons (Fsp3) is 0.435. The average molecular weight is 495 g/mol. The lowest BCUT2D eigenvalue weighted by Crippen LogP contribution is -2.47. The van der Waals surface area contributed by atoms with E-state index in [0.717, 1.165) is 0 Å². The van der Waals surface area contributed by atoms with E-state index in [0.29, 0.717) is 25.9 Å². The Balaban J connectivity index is 2.03. The molecular weight excluding hydrogens is 464 g/mol. The molecule has 1 fully saturated rings. The van der Waals surface area contributed by atoms with Gasteiger partial charge in [0.15, 0.2) is 14.6 Å². The molecule has 1 N–H and O–H groups in total. The first-order valence-corrected chi connectivity index (χ1v) is 13.9. The molecule has 0 atom stereocenters. The molecule has 1 amide bonds. The molecule has 3 rings (SSSR count). The Bertz CT molecular complexity index is 1200. The zero-order valence-electron chi connectivity index (χ0n) is 19.1. The van der Waals surface area contributed by atoms with Crippen LogP contribution in [0.25, 0.3) is 0 Å². The van der Waals surface area contributed by atoms with E-state index in [1.165, 1.54) is 41.7 Å². The normalized spacial score (nSPS) is 16.0. The molecule has 0 bridgehead atoms. The summed E-state index contributed by atoms with van der Waals surface area (Å²) in [6.45, 7) is 4.08. The maximum absolute atomic E-state index is 13.5. The molecule has 1 saturated carbocycles. The molecule has 0 saturated heterocycles. The second kappa shape index (κ2) is 9.82. The minimum absolute atomic E-state index is 0.00584. The van der Waals surface area contributed by atoms with Crippen LogP contribution in [0.2, 0.25) is 0 Å². The molecule has 1 aliphatic carbocycles. The predicted molar refractivity (Wildman–Crippen MR) is 127 cm³/mol. The first-order valence-electron chi connectivity index (χ1n) is 10.9. The van der Waals surface area contributed by atoms with Gasteiger partial charge in [-0.15, -0.1) is 0 Å². The highest BCUT2D eigenvalue weighted by Gasteiger charge is 2.53. The minimum Gasteiger partial charge on any atom is -0.495 e. The van der Waals surface area contributed by atoms with Gasteiger partial charge in [0, 0.05) is 13.1 Å². The Morgan fingerprint density at radius 3 is 2.12 bits per heavy atom. The van der Waals surface area contributed by atoms with Crippen molar-refractivity contribution < 1.29 is 26.4 Å². The summed E-state index contributed by atoms with van der Waals surface area (Å²) in [5, 5.41) is 2.68. The summed E-state index contributed by atoms with van der Waals surface area (Å²) in [7, 11) is -6.36. The number of ether oxygens (including phenoxy) is 1. The maximum Gasteiger partial charge on any atom is 0.246 e. The summed E-state index contributed by atoms with van der Waals surface area (Å²) in [6.07, 6.45) is 1.59. The van der Waals surface area contributed by atoms with Crippen LogP contribution in [0.1, 0.15) is 39.5 Å². The Labute approximate surface area is 195 Å². The van der Waals surface area contributed by atoms with E-state index in [4.69, 9.17) is 4.74 Å². The number of hydrogen-bond donors (Lipinski definition) is 1. The third-order valence-corrected chi connectivity index (χ3v) is 10.7. The smallest absolute Gasteiger partial charge is 0.246 e. The van der Waals surface area contributed by atoms with Crippen molar-refractivity contribution >= 4 is 31.5 Å². The summed E-state index contributed by atoms with van der Waals surface area (Å²) < 4.78 is 58.0. The molecule has 2 aromatic rings. The molecular formula is C23H30N2O6S2. The van der Waals surface area contributed by atoms with Crippen molar-refractivity contribution in [3.8, 4) is 5.75 Å². The summed E-state index contributed by atoms with van der Waals surface area (Å²) >= 11 is 0. The van der Waals surface area contributed by atoms with Gasteiger partial charge in [-0.25, -0.2) is 16.8 Å². The van der Waals surface area contributed by atoms with Gasteiger partial charge in [0.2, 0.25) is 15.9 Å². The van der Waals surface area contributed by atoms with Crippen molar-refractivity contribution in [2.75, 3.05) is 25.5 Å². The Kier molecular flexibility index (Phi) is 7.50. The average Bonchev–Trinajstić information content (AvgIpc) is 3.32. The summed E-state index contributed by atoms with van der Waals surface area (Å²) in [4.78, 5) is 13.6. The van der Waals surface area contributed by atoms with Crippen molar-refractivity contribution in [1.29, 1.82) is 0 Å². The summed E-state index contributed by atoms with van der Waals surface area (Å²) in [5.74, 6) is -0.438. The van der Waals surface area contributed by atoms with Crippen LogP contribution in [-0.4, -0.2) is 52.0 Å². The number of carbonyl (C=O) groups excluding carboxylic acids is 1. The first-order chi connectivity index (χ1) is 15.6. The molecule has 10 heteroatoms. The lowest BCUT2D eigenvalue weighted by Gasteiger charge is -2.28. The molecule has 33 heavy (non-hydrogen) atoms. The number of amides is 1. The molecule has 0 unspecified atom stereocenters. The zero-order valence-corrected chi connectivity index (χ0v) is 20.7. The van der Waals surface area contributed by atoms with Crippen LogP contribution in [-0.2, 0) is 24.7 Å². The van der Waals surface area contributed by atoms with Crippen LogP contribution in [0.5, 0.6) is 5.75 Å². The van der Waals surface area contributed by atoms with E-state index in [1.807, 2.05) is 0 Å². The fourth-order valence-electron chi connectivity index (χ4n) is 4.28. The number of nitrogens with zero attached hydrogens (tertiary/aromatic N) is 1. The third kappa shape index (κ3) is 4.51. The van der Waals surface area contributed by atoms with Gasteiger partial charge in [0.25, 0.3) is 0 Å². The van der Waals surface area contributed by atoms with Gasteiger partial charge in [0.05, 0.1) is 22.6 Å². The molecule has 0 radical (unpaired) electrons. The van der Waals surface area contributed by atoms with Crippen molar-refractivity contribution in [2.45, 2.75) is 54.1 Å². The quantitative estimate of drug-likeness (QED) is 0.572. The van der Waals surface area contributed by atoms with E-state index in [-0.39, 0.29) is 34.1 Å². The fourth-order valence-corrected chi connectivity index (χ4v) is 7.86. The van der Waals surface area contributed by atoms with Gasteiger partial charge in [-0.2, -0.15) is 4.31 Å². The number of rotatable bonds is 9. The standard InChI is InChI=1S/C23H30N2O6S2/c1-4-25(5-2)33(29,30)19-13-14-21(31-3)20(17-19)24-22(26)23(15-9-10-16-23)32(27,28)18-11-7-6-8-12-18/h6-8,11-14,17H,4-5,9-10,15-16H2,1-3H3,(H,24,26). The SMILES string of the molecule is CCN(CC)S(=O)(=O)c1ccc(OC)c(NC(=O)C2(S(=O)(=O)c3ccccc3)CCCC2)c1. The van der Waals surface area contributed by atoms with Crippen LogP contribution in [0.3, 0.4) is 0 Å². The van der Waals surface area contributed by atoms with Gasteiger partial charge in [-0.1, -0.05) is 44.9 Å². The predicted octanol–water partition coefficient (Wildman–Crippen LogP) is 3.45. The second-order valence-corrected chi connectivity index (χ2v) is 12.1. The summed E-state index contributed by atoms with van der Waals surface area (Å²) in [6, 6.07) is 12.1. The third-order valence-electron chi connectivity index (χ3n) is 6.16. The lowest BCUT2D eigenvalue weighted by molar-refractivity contribution is -0.118. The van der Waals surface area contributed by atoms with Crippen LogP contribution < -0.4 is 10.1 Å². The van der Waals surface area contributed by atoms with E-state index in [9.17, 15) is 21.6 Å². The molecule has 180 valence electrons. The van der Waals surface area contributed by atoms with Crippen molar-refractivity contribution in [2.24, 2.45) is 0 Å². The van der Waals surface area contributed by atoms with E-state index < -0.39 is 30.5 Å². The van der Waals surface area contributed by atoms with Gasteiger partial charge in [0.1, 0.15) is 5.75 Å². The molecule has 0 heterocycles. The lowest BCUT2D eigenvalue weighted by atomic mass is 10.1. The highest BCUT2D eigenvalue weighted by Crippen LogP contribution is 2.42. The van der Waals surface area contributed by atoms with Gasteiger partial charge in [-0.05, 0) is 43.2 Å². The highest BCUT2D eigenvalue weighted by molar-refractivity contribution is 7.93. The van der Waals surface area contributed by atoms with Crippen LogP contribution in [0.15, 0.2) is 58.3 Å².